The lowest BCUT2D eigenvalue weighted by Gasteiger charge is -2.17. The molecule has 158 valence electrons. The molecule has 0 amide bonds. The molecule has 3 heterocycles. The number of rotatable bonds is 8. The van der Waals surface area contributed by atoms with Crippen LogP contribution in [0.25, 0.3) is 0 Å². The number of H-pyrrole nitrogens is 1. The standard InChI is InChI=1S/C16H22N6O7/c17-9(2-1-8-5-18-7-19-8)15(25)28-6-10-12(23)13(24)14(29-10)22-4-3-11(21-27)20-16(22)26/h3-5,7,9-10,12-14,23-24,27H,1-2,6,17H2,(H,18,19)(H,20,21,26)/t9-,10-,12-,13-,14-/m1/s1. The third-order valence-corrected chi connectivity index (χ3v) is 4.53. The molecule has 2 aromatic rings. The van der Waals surface area contributed by atoms with E-state index in [1.165, 1.54) is 18.6 Å². The van der Waals surface area contributed by atoms with Crippen molar-refractivity contribution < 1.29 is 29.7 Å². The summed E-state index contributed by atoms with van der Waals surface area (Å²) in [7, 11) is 0. The molecule has 2 aromatic heterocycles. The minimum absolute atomic E-state index is 0.0890. The molecular weight excluding hydrogens is 388 g/mol. The van der Waals surface area contributed by atoms with E-state index in [1.807, 2.05) is 0 Å². The highest BCUT2D eigenvalue weighted by atomic mass is 16.6. The van der Waals surface area contributed by atoms with Crippen LogP contribution in [0, 0.1) is 0 Å². The molecule has 13 nitrogen and oxygen atoms in total. The Labute approximate surface area is 164 Å². The maximum atomic E-state index is 12.1. The number of aliphatic hydroxyl groups is 2. The summed E-state index contributed by atoms with van der Waals surface area (Å²) in [6.45, 7) is -0.357. The number of aromatic amines is 1. The van der Waals surface area contributed by atoms with Crippen LogP contribution in [0.1, 0.15) is 18.3 Å². The highest BCUT2D eigenvalue weighted by Gasteiger charge is 2.44. The smallest absolute Gasteiger partial charge is 0.351 e. The van der Waals surface area contributed by atoms with Crippen LogP contribution in [0.15, 0.2) is 29.6 Å². The molecule has 0 aliphatic carbocycles. The summed E-state index contributed by atoms with van der Waals surface area (Å²) in [6.07, 6.45) is 0.0415. The second-order valence-corrected chi connectivity index (χ2v) is 6.51. The Morgan fingerprint density at radius 1 is 1.45 bits per heavy atom. The highest BCUT2D eigenvalue weighted by Crippen LogP contribution is 2.28. The fourth-order valence-corrected chi connectivity index (χ4v) is 2.89. The third kappa shape index (κ3) is 4.78. The number of carbonyl (C=O) groups excluding carboxylic acids is 1. The molecule has 0 aromatic carbocycles. The Hall–Kier alpha value is -2.84. The molecule has 1 saturated heterocycles. The van der Waals surface area contributed by atoms with E-state index < -0.39 is 42.2 Å². The van der Waals surface area contributed by atoms with E-state index in [0.29, 0.717) is 12.8 Å². The van der Waals surface area contributed by atoms with E-state index in [0.717, 1.165) is 10.3 Å². The number of ether oxygens (including phenoxy) is 2. The van der Waals surface area contributed by atoms with Crippen LogP contribution in [-0.2, 0) is 20.7 Å². The maximum absolute atomic E-state index is 12.1. The van der Waals surface area contributed by atoms with Crippen LogP contribution < -0.4 is 16.9 Å². The molecule has 13 heteroatoms. The van der Waals surface area contributed by atoms with Gasteiger partial charge in [-0.05, 0) is 18.9 Å². The number of hydrogen-bond acceptors (Lipinski definition) is 11. The molecule has 0 bridgehead atoms. The van der Waals surface area contributed by atoms with Crippen molar-refractivity contribution in [3.63, 3.8) is 0 Å². The summed E-state index contributed by atoms with van der Waals surface area (Å²) in [6, 6.07) is 0.388. The summed E-state index contributed by atoms with van der Waals surface area (Å²) >= 11 is 0. The van der Waals surface area contributed by atoms with Gasteiger partial charge in [0.1, 0.15) is 31.0 Å². The average molecular weight is 410 g/mol. The lowest BCUT2D eigenvalue weighted by Crippen LogP contribution is -2.38. The third-order valence-electron chi connectivity index (χ3n) is 4.53. The van der Waals surface area contributed by atoms with Crippen LogP contribution >= 0.6 is 0 Å². The van der Waals surface area contributed by atoms with Gasteiger partial charge in [-0.1, -0.05) is 0 Å². The van der Waals surface area contributed by atoms with Crippen LogP contribution in [0.3, 0.4) is 0 Å². The first-order valence-corrected chi connectivity index (χ1v) is 8.81. The lowest BCUT2D eigenvalue weighted by molar-refractivity contribution is -0.151. The number of nitrogens with one attached hydrogen (secondary N) is 2. The first kappa shape index (κ1) is 20.9. The Bertz CT molecular complexity index is 873. The normalized spacial score (nSPS) is 25.0. The minimum Gasteiger partial charge on any atom is -0.462 e. The largest absolute Gasteiger partial charge is 0.462 e. The fourth-order valence-electron chi connectivity index (χ4n) is 2.89. The number of esters is 1. The molecule has 1 aliphatic rings. The van der Waals surface area contributed by atoms with Crippen molar-refractivity contribution in [3.8, 4) is 0 Å². The summed E-state index contributed by atoms with van der Waals surface area (Å²) in [5.74, 6) is -0.774. The van der Waals surface area contributed by atoms with Gasteiger partial charge >= 0.3 is 11.7 Å². The second kappa shape index (κ2) is 9.11. The number of aliphatic hydroxyl groups excluding tert-OH is 2. The number of aryl methyl sites for hydroxylation is 1. The fraction of sp³-hybridized carbons (Fsp3) is 0.500. The number of imidazole rings is 1. The monoisotopic (exact) mass is 410 g/mol. The zero-order valence-corrected chi connectivity index (χ0v) is 15.2. The van der Waals surface area contributed by atoms with Gasteiger partial charge in [0.15, 0.2) is 12.0 Å². The van der Waals surface area contributed by atoms with Crippen molar-refractivity contribution in [3.05, 3.63) is 41.0 Å². The second-order valence-electron chi connectivity index (χ2n) is 6.51. The van der Waals surface area contributed by atoms with Crippen molar-refractivity contribution in [2.24, 2.45) is 5.73 Å². The average Bonchev–Trinajstić information content (AvgIpc) is 3.33. The van der Waals surface area contributed by atoms with Crippen LogP contribution in [-0.4, -0.2) is 71.9 Å². The molecule has 3 rings (SSSR count). The van der Waals surface area contributed by atoms with Gasteiger partial charge in [0.05, 0.1) is 6.33 Å². The predicted molar refractivity (Wildman–Crippen MR) is 95.7 cm³/mol. The number of nitrogens with zero attached hydrogens (tertiary/aromatic N) is 3. The van der Waals surface area contributed by atoms with Gasteiger partial charge in [-0.15, -0.1) is 0 Å². The minimum atomic E-state index is -1.46. The number of nitrogens with two attached hydrogens (primary N) is 1. The van der Waals surface area contributed by atoms with Crippen molar-refractivity contribution in [2.75, 3.05) is 12.1 Å². The van der Waals surface area contributed by atoms with Gasteiger partial charge in [0.25, 0.3) is 0 Å². The Balaban J connectivity index is 1.55. The molecular formula is C16H22N6O7. The number of anilines is 1. The first-order valence-electron chi connectivity index (χ1n) is 8.81. The highest BCUT2D eigenvalue weighted by molar-refractivity contribution is 5.75. The van der Waals surface area contributed by atoms with E-state index in [2.05, 4.69) is 15.0 Å². The lowest BCUT2D eigenvalue weighted by atomic mass is 10.1. The topological polar surface area (TPSA) is 198 Å². The van der Waals surface area contributed by atoms with Crippen molar-refractivity contribution in [1.82, 2.24) is 19.5 Å². The van der Waals surface area contributed by atoms with E-state index in [1.54, 1.807) is 11.7 Å². The molecule has 0 spiro atoms. The summed E-state index contributed by atoms with van der Waals surface area (Å²) in [5, 5.41) is 29.1. The van der Waals surface area contributed by atoms with Crippen LogP contribution in [0.4, 0.5) is 5.82 Å². The zero-order chi connectivity index (χ0) is 21.0. The molecule has 1 aliphatic heterocycles. The van der Waals surface area contributed by atoms with E-state index in [-0.39, 0.29) is 12.4 Å². The van der Waals surface area contributed by atoms with Crippen molar-refractivity contribution >= 4 is 11.8 Å². The molecule has 1 fully saturated rings. The SMILES string of the molecule is N[C@H](CCc1cnc[nH]1)C(=O)OC[C@H]1O[C@@H](n2ccc(NO)nc2=O)[C@H](O)[C@@H]1O. The van der Waals surface area contributed by atoms with E-state index in [9.17, 15) is 19.8 Å². The van der Waals surface area contributed by atoms with E-state index in [4.69, 9.17) is 20.4 Å². The molecule has 0 unspecified atom stereocenters. The molecule has 7 N–H and O–H groups in total. The quantitative estimate of drug-likeness (QED) is 0.206. The summed E-state index contributed by atoms with van der Waals surface area (Å²) in [5.41, 5.74) is 7.54. The molecule has 0 radical (unpaired) electrons. The Morgan fingerprint density at radius 3 is 2.90 bits per heavy atom. The Morgan fingerprint density at radius 2 is 2.24 bits per heavy atom. The van der Waals surface area contributed by atoms with Gasteiger partial charge < -0.3 is 30.4 Å². The van der Waals surface area contributed by atoms with Gasteiger partial charge in [0.2, 0.25) is 0 Å². The summed E-state index contributed by atoms with van der Waals surface area (Å²) in [4.78, 5) is 34.3. The van der Waals surface area contributed by atoms with Gasteiger partial charge in [-0.3, -0.25) is 20.0 Å². The maximum Gasteiger partial charge on any atom is 0.351 e. The Kier molecular flexibility index (Phi) is 6.56. The number of aromatic nitrogens is 4. The van der Waals surface area contributed by atoms with Crippen LogP contribution in [0.2, 0.25) is 0 Å². The van der Waals surface area contributed by atoms with Crippen LogP contribution in [0.5, 0.6) is 0 Å². The summed E-state index contributed by atoms with van der Waals surface area (Å²) < 4.78 is 11.5. The predicted octanol–water partition coefficient (Wildman–Crippen LogP) is -2.11. The zero-order valence-electron chi connectivity index (χ0n) is 15.2. The number of hydrogen-bond donors (Lipinski definition) is 6. The molecule has 29 heavy (non-hydrogen) atoms. The van der Waals surface area contributed by atoms with Gasteiger partial charge in [-0.2, -0.15) is 4.98 Å². The van der Waals surface area contributed by atoms with Gasteiger partial charge in [-0.25, -0.2) is 9.78 Å². The van der Waals surface area contributed by atoms with E-state index >= 15 is 0 Å². The van der Waals surface area contributed by atoms with Crippen molar-refractivity contribution in [1.29, 1.82) is 0 Å². The van der Waals surface area contributed by atoms with Gasteiger partial charge in [0, 0.05) is 18.1 Å². The molecule has 5 atom stereocenters. The number of carbonyl (C=O) groups is 1. The first-order chi connectivity index (χ1) is 13.9. The van der Waals surface area contributed by atoms with Crippen molar-refractivity contribution in [2.45, 2.75) is 43.4 Å². The molecule has 0 saturated carbocycles.